The minimum absolute atomic E-state index is 0.00262. The third-order valence-corrected chi connectivity index (χ3v) is 8.31. The average molecular weight is 301 g/mol. The highest BCUT2D eigenvalue weighted by molar-refractivity contribution is 5.79. The molecule has 0 bridgehead atoms. The second-order valence-electron chi connectivity index (χ2n) is 9.00. The number of fused-ring (bicyclic) bond motifs is 5. The molecule has 6 atom stereocenters. The summed E-state index contributed by atoms with van der Waals surface area (Å²) in [5.41, 5.74) is 10.5. The lowest BCUT2D eigenvalue weighted by atomic mass is 9.50. The predicted octanol–water partition coefficient (Wildman–Crippen LogP) is 4.24. The Morgan fingerprint density at radius 1 is 1.09 bits per heavy atom. The summed E-state index contributed by atoms with van der Waals surface area (Å²) >= 11 is 0. The zero-order valence-corrected chi connectivity index (χ0v) is 14.5. The van der Waals surface area contributed by atoms with Crippen molar-refractivity contribution in [2.45, 2.75) is 77.7 Å². The fraction of sp³-hybridized carbons (Fsp3) is 0.850. The van der Waals surface area contributed by atoms with E-state index in [1.807, 2.05) is 6.92 Å². The zero-order valence-electron chi connectivity index (χ0n) is 14.5. The predicted molar refractivity (Wildman–Crippen MR) is 89.3 cm³/mol. The second-order valence-corrected chi connectivity index (χ2v) is 9.00. The van der Waals surface area contributed by atoms with E-state index in [0.29, 0.717) is 17.6 Å². The van der Waals surface area contributed by atoms with Crippen molar-refractivity contribution in [1.82, 2.24) is 0 Å². The van der Waals surface area contributed by atoms with Crippen LogP contribution in [0.4, 0.5) is 0 Å². The van der Waals surface area contributed by atoms with Gasteiger partial charge in [-0.25, -0.2) is 0 Å². The highest BCUT2D eigenvalue weighted by Gasteiger charge is 2.60. The summed E-state index contributed by atoms with van der Waals surface area (Å²) < 4.78 is 0. The van der Waals surface area contributed by atoms with Crippen LogP contribution in [0, 0.1) is 29.1 Å². The topological polar surface area (TPSA) is 43.1 Å². The Bertz CT molecular complexity index is 550. The van der Waals surface area contributed by atoms with Crippen LogP contribution in [0.15, 0.2) is 11.1 Å². The molecule has 3 fully saturated rings. The highest BCUT2D eigenvalue weighted by atomic mass is 16.1. The van der Waals surface area contributed by atoms with E-state index in [1.165, 1.54) is 44.9 Å². The van der Waals surface area contributed by atoms with Gasteiger partial charge in [-0.3, -0.25) is 4.79 Å². The summed E-state index contributed by atoms with van der Waals surface area (Å²) in [7, 11) is 0. The van der Waals surface area contributed by atoms with Gasteiger partial charge in [0.25, 0.3) is 0 Å². The molecule has 4 rings (SSSR count). The monoisotopic (exact) mass is 301 g/mol. The van der Waals surface area contributed by atoms with E-state index < -0.39 is 0 Å². The van der Waals surface area contributed by atoms with Gasteiger partial charge in [0.2, 0.25) is 0 Å². The minimum atomic E-state index is 0.00262. The number of allylic oxidation sites excluding steroid dienone is 1. The molecule has 6 unspecified atom stereocenters. The molecule has 0 spiro atoms. The second kappa shape index (κ2) is 4.69. The summed E-state index contributed by atoms with van der Waals surface area (Å²) in [6.07, 6.45) is 9.78. The molecule has 4 aliphatic carbocycles. The molecular weight excluding hydrogens is 270 g/mol. The number of ketones is 1. The summed E-state index contributed by atoms with van der Waals surface area (Å²) in [5.74, 6) is 2.93. The Labute approximate surface area is 134 Å². The lowest BCUT2D eigenvalue weighted by Gasteiger charge is -2.56. The van der Waals surface area contributed by atoms with Crippen LogP contribution in [-0.4, -0.2) is 11.3 Å². The molecular formula is C20H31NO. The van der Waals surface area contributed by atoms with Crippen molar-refractivity contribution in [2.75, 3.05) is 0 Å². The van der Waals surface area contributed by atoms with E-state index >= 15 is 0 Å². The molecule has 0 amide bonds. The average Bonchev–Trinajstić information content (AvgIpc) is 2.96. The van der Waals surface area contributed by atoms with Crippen LogP contribution >= 0.6 is 0 Å². The molecule has 0 aromatic carbocycles. The van der Waals surface area contributed by atoms with Crippen molar-refractivity contribution in [1.29, 1.82) is 0 Å². The van der Waals surface area contributed by atoms with Crippen LogP contribution in [0.1, 0.15) is 72.1 Å². The van der Waals surface area contributed by atoms with Gasteiger partial charge in [-0.1, -0.05) is 18.1 Å². The van der Waals surface area contributed by atoms with Crippen LogP contribution in [-0.2, 0) is 4.79 Å². The molecule has 3 saturated carbocycles. The lowest BCUT2D eigenvalue weighted by molar-refractivity contribution is -0.126. The van der Waals surface area contributed by atoms with Gasteiger partial charge < -0.3 is 5.73 Å². The highest BCUT2D eigenvalue weighted by Crippen LogP contribution is 2.64. The first-order valence-electron chi connectivity index (χ1n) is 9.36. The zero-order chi connectivity index (χ0) is 15.7. The van der Waals surface area contributed by atoms with Crippen molar-refractivity contribution in [3.63, 3.8) is 0 Å². The van der Waals surface area contributed by atoms with Gasteiger partial charge in [0.05, 0.1) is 0 Å². The van der Waals surface area contributed by atoms with Gasteiger partial charge in [0.15, 0.2) is 0 Å². The fourth-order valence-electron chi connectivity index (χ4n) is 7.26. The van der Waals surface area contributed by atoms with Crippen LogP contribution in [0.2, 0.25) is 0 Å². The van der Waals surface area contributed by atoms with E-state index in [2.05, 4.69) is 13.8 Å². The Morgan fingerprint density at radius 2 is 1.86 bits per heavy atom. The number of nitrogens with two attached hydrogens (primary N) is 1. The van der Waals surface area contributed by atoms with Gasteiger partial charge >= 0.3 is 0 Å². The van der Waals surface area contributed by atoms with E-state index in [4.69, 9.17) is 5.73 Å². The molecule has 4 aliphatic rings. The third kappa shape index (κ3) is 1.74. The number of Topliss-reactive ketones (excluding diaryl/α,β-unsaturated/α-hetero) is 1. The maximum absolute atomic E-state index is 12.1. The first-order valence-corrected chi connectivity index (χ1v) is 9.36. The fourth-order valence-corrected chi connectivity index (χ4v) is 7.26. The molecule has 0 radical (unpaired) electrons. The normalized spacial score (nSPS) is 50.5. The molecule has 0 heterocycles. The summed E-state index contributed by atoms with van der Waals surface area (Å²) in [4.78, 5) is 12.1. The standard InChI is InChI=1S/C20H31NO/c1-12-8-11-20(21)15(12)5-4-14-17-7-6-16(13(2)22)19(17,3)10-9-18(14)20/h14,16-18H,4-11,21H2,1-3H3. The smallest absolute Gasteiger partial charge is 0.133 e. The van der Waals surface area contributed by atoms with Crippen LogP contribution in [0.3, 0.4) is 0 Å². The van der Waals surface area contributed by atoms with Gasteiger partial charge in [-0.15, -0.1) is 0 Å². The number of hydrogen-bond donors (Lipinski definition) is 1. The number of carbonyl (C=O) groups is 1. The van der Waals surface area contributed by atoms with Crippen LogP contribution < -0.4 is 5.73 Å². The quantitative estimate of drug-likeness (QED) is 0.736. The molecule has 2 nitrogen and oxygen atoms in total. The molecule has 2 heteroatoms. The van der Waals surface area contributed by atoms with Gasteiger partial charge in [0, 0.05) is 11.5 Å². The van der Waals surface area contributed by atoms with Gasteiger partial charge in [-0.2, -0.15) is 0 Å². The number of hydrogen-bond acceptors (Lipinski definition) is 2. The third-order valence-electron chi connectivity index (χ3n) is 8.31. The molecule has 0 saturated heterocycles. The lowest BCUT2D eigenvalue weighted by Crippen LogP contribution is -2.57. The maximum Gasteiger partial charge on any atom is 0.133 e. The van der Waals surface area contributed by atoms with Crippen molar-refractivity contribution >= 4 is 5.78 Å². The number of rotatable bonds is 1. The Kier molecular flexibility index (Phi) is 3.18. The van der Waals surface area contributed by atoms with E-state index in [-0.39, 0.29) is 11.0 Å². The van der Waals surface area contributed by atoms with Crippen LogP contribution in [0.25, 0.3) is 0 Å². The molecule has 22 heavy (non-hydrogen) atoms. The molecule has 0 aromatic rings. The van der Waals surface area contributed by atoms with E-state index in [1.54, 1.807) is 11.1 Å². The molecule has 2 N–H and O–H groups in total. The van der Waals surface area contributed by atoms with Crippen molar-refractivity contribution in [2.24, 2.45) is 34.8 Å². The van der Waals surface area contributed by atoms with Gasteiger partial charge in [-0.05, 0) is 88.4 Å². The molecule has 122 valence electrons. The first kappa shape index (κ1) is 14.9. The molecule has 0 aromatic heterocycles. The largest absolute Gasteiger partial charge is 0.321 e. The van der Waals surface area contributed by atoms with E-state index in [9.17, 15) is 4.79 Å². The van der Waals surface area contributed by atoms with Crippen molar-refractivity contribution < 1.29 is 4.79 Å². The summed E-state index contributed by atoms with van der Waals surface area (Å²) in [6.45, 7) is 6.54. The van der Waals surface area contributed by atoms with Crippen LogP contribution in [0.5, 0.6) is 0 Å². The minimum Gasteiger partial charge on any atom is -0.321 e. The van der Waals surface area contributed by atoms with Gasteiger partial charge in [0.1, 0.15) is 5.78 Å². The molecule has 0 aliphatic heterocycles. The Hall–Kier alpha value is -0.630. The number of carbonyl (C=O) groups excluding carboxylic acids is 1. The Morgan fingerprint density at radius 3 is 2.59 bits per heavy atom. The Balaban J connectivity index is 1.68. The first-order chi connectivity index (χ1) is 10.4. The van der Waals surface area contributed by atoms with Crippen molar-refractivity contribution in [3.05, 3.63) is 11.1 Å². The maximum atomic E-state index is 12.1. The van der Waals surface area contributed by atoms with Crippen molar-refractivity contribution in [3.8, 4) is 0 Å². The SMILES string of the molecule is CC(=O)C1CCC2C3CCC4=C(C)CCC4(N)C3CCC12C. The summed E-state index contributed by atoms with van der Waals surface area (Å²) in [5, 5.41) is 0. The summed E-state index contributed by atoms with van der Waals surface area (Å²) in [6, 6.07) is 0. The van der Waals surface area contributed by atoms with E-state index in [0.717, 1.165) is 18.3 Å².